The highest BCUT2D eigenvalue weighted by molar-refractivity contribution is 5.34. The monoisotopic (exact) mass is 205 g/mol. The molecule has 0 bridgehead atoms. The summed E-state index contributed by atoms with van der Waals surface area (Å²) in [6.07, 6.45) is 5.38. The van der Waals surface area contributed by atoms with Gasteiger partial charge >= 0.3 is 0 Å². The van der Waals surface area contributed by atoms with Crippen LogP contribution in [0.25, 0.3) is 0 Å². The van der Waals surface area contributed by atoms with Crippen LogP contribution in [0, 0.1) is 20.8 Å². The highest BCUT2D eigenvalue weighted by atomic mass is 16.5. The smallest absolute Gasteiger partial charge is 0.216 e. The van der Waals surface area contributed by atoms with E-state index in [0.29, 0.717) is 6.10 Å². The number of hydrogen-bond acceptors (Lipinski definition) is 2. The summed E-state index contributed by atoms with van der Waals surface area (Å²) in [5.74, 6) is 0.847. The third-order valence-electron chi connectivity index (χ3n) is 3.20. The van der Waals surface area contributed by atoms with Crippen molar-refractivity contribution in [2.75, 3.05) is 0 Å². The van der Waals surface area contributed by atoms with Crippen molar-refractivity contribution >= 4 is 0 Å². The van der Waals surface area contributed by atoms with Gasteiger partial charge in [-0.25, -0.2) is 4.98 Å². The summed E-state index contributed by atoms with van der Waals surface area (Å²) in [5.41, 5.74) is 3.51. The molecule has 2 nitrogen and oxygen atoms in total. The van der Waals surface area contributed by atoms with E-state index >= 15 is 0 Å². The topological polar surface area (TPSA) is 22.1 Å². The summed E-state index contributed by atoms with van der Waals surface area (Å²) >= 11 is 0. The molecule has 15 heavy (non-hydrogen) atoms. The van der Waals surface area contributed by atoms with Crippen LogP contribution in [0.15, 0.2) is 6.07 Å². The van der Waals surface area contributed by atoms with Gasteiger partial charge in [-0.3, -0.25) is 0 Å². The fourth-order valence-electron chi connectivity index (χ4n) is 2.15. The van der Waals surface area contributed by atoms with Gasteiger partial charge < -0.3 is 4.74 Å². The van der Waals surface area contributed by atoms with Crippen LogP contribution in [0.5, 0.6) is 5.88 Å². The number of ether oxygens (including phenoxy) is 1. The lowest BCUT2D eigenvalue weighted by molar-refractivity contribution is 0.199. The Hall–Kier alpha value is -1.05. The van der Waals surface area contributed by atoms with Crippen LogP contribution in [-0.2, 0) is 0 Å². The molecule has 0 aromatic carbocycles. The van der Waals surface area contributed by atoms with E-state index in [1.54, 1.807) is 0 Å². The quantitative estimate of drug-likeness (QED) is 0.738. The Labute approximate surface area is 91.7 Å². The first-order valence-corrected chi connectivity index (χ1v) is 5.78. The molecule has 1 aromatic rings. The van der Waals surface area contributed by atoms with Crippen molar-refractivity contribution in [3.63, 3.8) is 0 Å². The lowest BCUT2D eigenvalue weighted by atomic mass is 10.1. The van der Waals surface area contributed by atoms with Crippen LogP contribution in [0.2, 0.25) is 0 Å². The molecule has 1 aliphatic carbocycles. The highest BCUT2D eigenvalue weighted by Gasteiger charge is 2.18. The van der Waals surface area contributed by atoms with Crippen LogP contribution in [-0.4, -0.2) is 11.1 Å². The van der Waals surface area contributed by atoms with Gasteiger partial charge in [-0.15, -0.1) is 0 Å². The predicted molar refractivity (Wildman–Crippen MR) is 61.3 cm³/mol. The van der Waals surface area contributed by atoms with E-state index in [2.05, 4.69) is 24.9 Å². The fourth-order valence-corrected chi connectivity index (χ4v) is 2.15. The lowest BCUT2D eigenvalue weighted by Crippen LogP contribution is -2.13. The van der Waals surface area contributed by atoms with E-state index in [-0.39, 0.29) is 0 Å². The maximum Gasteiger partial charge on any atom is 0.216 e. The van der Waals surface area contributed by atoms with E-state index in [1.165, 1.54) is 36.8 Å². The predicted octanol–water partition coefficient (Wildman–Crippen LogP) is 3.33. The van der Waals surface area contributed by atoms with E-state index in [9.17, 15) is 0 Å². The van der Waals surface area contributed by atoms with Crippen molar-refractivity contribution in [3.05, 3.63) is 22.9 Å². The van der Waals surface area contributed by atoms with Crippen molar-refractivity contribution in [1.82, 2.24) is 4.98 Å². The normalized spacial score (nSPS) is 17.0. The first kappa shape index (κ1) is 10.5. The third kappa shape index (κ3) is 2.31. The highest BCUT2D eigenvalue weighted by Crippen LogP contribution is 2.26. The molecule has 0 radical (unpaired) electrons. The minimum absolute atomic E-state index is 0.400. The average Bonchev–Trinajstić information content (AvgIpc) is 2.66. The Morgan fingerprint density at radius 1 is 1.20 bits per heavy atom. The number of nitrogens with zero attached hydrogens (tertiary/aromatic N) is 1. The van der Waals surface area contributed by atoms with Gasteiger partial charge in [0, 0.05) is 11.3 Å². The molecule has 1 aromatic heterocycles. The van der Waals surface area contributed by atoms with E-state index in [1.807, 2.05) is 6.92 Å². The molecule has 0 atom stereocenters. The molecule has 0 spiro atoms. The molecule has 0 saturated heterocycles. The molecule has 1 fully saturated rings. The Bertz CT molecular complexity index is 354. The summed E-state index contributed by atoms with van der Waals surface area (Å²) in [6, 6.07) is 2.11. The number of aromatic nitrogens is 1. The van der Waals surface area contributed by atoms with Crippen LogP contribution in [0.4, 0.5) is 0 Å². The Morgan fingerprint density at radius 3 is 2.53 bits per heavy atom. The summed E-state index contributed by atoms with van der Waals surface area (Å²) < 4.78 is 5.96. The van der Waals surface area contributed by atoms with Gasteiger partial charge in [0.05, 0.1) is 0 Å². The first-order valence-electron chi connectivity index (χ1n) is 5.78. The molecule has 2 rings (SSSR count). The molecule has 0 unspecified atom stereocenters. The van der Waals surface area contributed by atoms with Crippen LogP contribution < -0.4 is 4.74 Å². The standard InChI is InChI=1S/C13H19NO/c1-9-8-10(2)14-13(11(9)3)15-12-6-4-5-7-12/h8,12H,4-7H2,1-3H3. The van der Waals surface area contributed by atoms with Crippen LogP contribution in [0.3, 0.4) is 0 Å². The summed E-state index contributed by atoms with van der Waals surface area (Å²) in [4.78, 5) is 4.47. The van der Waals surface area contributed by atoms with Crippen LogP contribution in [0.1, 0.15) is 42.5 Å². The van der Waals surface area contributed by atoms with E-state index in [4.69, 9.17) is 4.74 Å². The largest absolute Gasteiger partial charge is 0.474 e. The van der Waals surface area contributed by atoms with Crippen molar-refractivity contribution in [2.24, 2.45) is 0 Å². The number of aryl methyl sites for hydroxylation is 2. The zero-order chi connectivity index (χ0) is 10.8. The van der Waals surface area contributed by atoms with Gasteiger partial charge in [0.1, 0.15) is 6.10 Å². The Morgan fingerprint density at radius 2 is 1.87 bits per heavy atom. The van der Waals surface area contributed by atoms with Gasteiger partial charge in [0.25, 0.3) is 0 Å². The second kappa shape index (κ2) is 4.21. The molecule has 1 saturated carbocycles. The van der Waals surface area contributed by atoms with Gasteiger partial charge in [-0.2, -0.15) is 0 Å². The lowest BCUT2D eigenvalue weighted by Gasteiger charge is -2.15. The van der Waals surface area contributed by atoms with Crippen molar-refractivity contribution in [2.45, 2.75) is 52.6 Å². The Kier molecular flexibility index (Phi) is 2.94. The minimum Gasteiger partial charge on any atom is -0.474 e. The van der Waals surface area contributed by atoms with Gasteiger partial charge in [0.2, 0.25) is 5.88 Å². The molecule has 2 heteroatoms. The molecule has 1 heterocycles. The summed E-state index contributed by atoms with van der Waals surface area (Å²) in [6.45, 7) is 6.23. The number of hydrogen-bond donors (Lipinski definition) is 0. The van der Waals surface area contributed by atoms with E-state index < -0.39 is 0 Å². The van der Waals surface area contributed by atoms with Gasteiger partial charge in [-0.1, -0.05) is 0 Å². The molecule has 1 aliphatic rings. The maximum atomic E-state index is 5.96. The van der Waals surface area contributed by atoms with Crippen molar-refractivity contribution in [1.29, 1.82) is 0 Å². The fraction of sp³-hybridized carbons (Fsp3) is 0.615. The molecular formula is C13H19NO. The van der Waals surface area contributed by atoms with Gasteiger partial charge in [-0.05, 0) is 58.1 Å². The maximum absolute atomic E-state index is 5.96. The van der Waals surface area contributed by atoms with Crippen LogP contribution >= 0.6 is 0 Å². The molecule has 0 aliphatic heterocycles. The van der Waals surface area contributed by atoms with E-state index in [0.717, 1.165) is 11.6 Å². The van der Waals surface area contributed by atoms with Crippen molar-refractivity contribution in [3.8, 4) is 5.88 Å². The minimum atomic E-state index is 0.400. The third-order valence-corrected chi connectivity index (χ3v) is 3.20. The zero-order valence-corrected chi connectivity index (χ0v) is 9.84. The molecule has 0 amide bonds. The zero-order valence-electron chi connectivity index (χ0n) is 9.84. The van der Waals surface area contributed by atoms with Gasteiger partial charge in [0.15, 0.2) is 0 Å². The molecular weight excluding hydrogens is 186 g/mol. The molecule has 82 valence electrons. The summed E-state index contributed by atoms with van der Waals surface area (Å²) in [5, 5.41) is 0. The second-order valence-electron chi connectivity index (χ2n) is 4.54. The number of pyridine rings is 1. The first-order chi connectivity index (χ1) is 7.16. The Balaban J connectivity index is 2.19. The average molecular weight is 205 g/mol. The molecule has 0 N–H and O–H groups in total. The SMILES string of the molecule is Cc1cc(C)c(C)c(OC2CCCC2)n1. The summed E-state index contributed by atoms with van der Waals surface area (Å²) in [7, 11) is 0. The van der Waals surface area contributed by atoms with Crippen molar-refractivity contribution < 1.29 is 4.74 Å². The number of rotatable bonds is 2. The second-order valence-corrected chi connectivity index (χ2v) is 4.54.